The molecule has 13 rings (SSSR count). The van der Waals surface area contributed by atoms with Crippen LogP contribution in [0.5, 0.6) is 11.5 Å². The number of aromatic nitrogens is 2. The monoisotopic (exact) mass is 666 g/mol. The maximum Gasteiger partial charge on any atom is 0.404 e. The Morgan fingerprint density at radius 3 is 2.00 bits per heavy atom. The summed E-state index contributed by atoms with van der Waals surface area (Å²) in [7, 11) is 0. The first-order valence-corrected chi connectivity index (χ1v) is 17.7. The maximum absolute atomic E-state index is 6.68. The van der Waals surface area contributed by atoms with Crippen LogP contribution in [0.2, 0.25) is 0 Å². The molecule has 0 N–H and O–H groups in total. The van der Waals surface area contributed by atoms with Crippen molar-refractivity contribution in [1.82, 2.24) is 9.13 Å². The van der Waals surface area contributed by atoms with E-state index in [-0.39, 0.29) is 5.92 Å². The average Bonchev–Trinajstić information content (AvgIpc) is 3.86. The molecule has 1 spiro atoms. The Labute approximate surface area is 291 Å². The molecule has 0 radical (unpaired) electrons. The lowest BCUT2D eigenvalue weighted by Gasteiger charge is -2.40. The third-order valence-corrected chi connectivity index (χ3v) is 11.9. The molecule has 10 nitrogen and oxygen atoms in total. The molecular formula is C41H30N8O2+2. The first kappa shape index (κ1) is 26.7. The van der Waals surface area contributed by atoms with Crippen LogP contribution in [0.15, 0.2) is 80.6 Å². The number of ether oxygens (including phenoxy) is 2. The highest BCUT2D eigenvalue weighted by Gasteiger charge is 2.70. The summed E-state index contributed by atoms with van der Waals surface area (Å²) in [4.78, 5) is 22.6. The minimum absolute atomic E-state index is 0.152. The molecule has 10 heteroatoms. The molecule has 0 amide bonds. The lowest BCUT2D eigenvalue weighted by atomic mass is 9.98. The van der Waals surface area contributed by atoms with E-state index in [0.717, 1.165) is 124 Å². The average molecular weight is 667 g/mol. The van der Waals surface area contributed by atoms with Crippen molar-refractivity contribution in [2.75, 3.05) is 13.2 Å². The molecule has 244 valence electrons. The van der Waals surface area contributed by atoms with Crippen LogP contribution in [0, 0.1) is 33.6 Å². The third-order valence-electron chi connectivity index (χ3n) is 11.9. The Morgan fingerprint density at radius 1 is 0.608 bits per heavy atom. The molecule has 2 atom stereocenters. The second-order valence-electron chi connectivity index (χ2n) is 15.0. The summed E-state index contributed by atoms with van der Waals surface area (Å²) >= 11 is 0. The lowest BCUT2D eigenvalue weighted by Crippen LogP contribution is -2.71. The van der Waals surface area contributed by atoms with Crippen molar-refractivity contribution in [1.29, 1.82) is 0 Å². The van der Waals surface area contributed by atoms with Crippen LogP contribution in [-0.2, 0) is 5.91 Å². The van der Waals surface area contributed by atoms with Crippen LogP contribution in [-0.4, -0.2) is 54.8 Å². The lowest BCUT2D eigenvalue weighted by molar-refractivity contribution is -0.790. The molecule has 1 unspecified atom stereocenters. The van der Waals surface area contributed by atoms with Gasteiger partial charge in [0.1, 0.15) is 17.1 Å². The van der Waals surface area contributed by atoms with Gasteiger partial charge < -0.3 is 9.47 Å². The maximum atomic E-state index is 6.68. The number of aryl methyl sites for hydroxylation is 4. The van der Waals surface area contributed by atoms with Gasteiger partial charge in [0.15, 0.2) is 0 Å². The van der Waals surface area contributed by atoms with Gasteiger partial charge in [0.25, 0.3) is 23.3 Å². The zero-order valence-electron chi connectivity index (χ0n) is 28.7. The molecule has 4 aromatic carbocycles. The molecule has 2 aromatic heterocycles. The first-order chi connectivity index (χ1) is 24.9. The largest absolute Gasteiger partial charge is 0.492 e. The highest BCUT2D eigenvalue weighted by Crippen LogP contribution is 2.55. The van der Waals surface area contributed by atoms with Crippen molar-refractivity contribution >= 4 is 56.5 Å². The number of fused-ring (bicyclic) bond motifs is 8. The third kappa shape index (κ3) is 2.66. The smallest absolute Gasteiger partial charge is 0.404 e. The minimum atomic E-state index is -1.07. The van der Waals surface area contributed by atoms with Crippen LogP contribution in [0.4, 0.5) is 11.6 Å². The van der Waals surface area contributed by atoms with E-state index in [1.54, 1.807) is 0 Å². The number of aliphatic imine (C=N–C) groups is 2. The van der Waals surface area contributed by atoms with Crippen LogP contribution in [0.3, 0.4) is 0 Å². The number of hydrogen-bond acceptors (Lipinski definition) is 6. The summed E-state index contributed by atoms with van der Waals surface area (Å²) in [5, 5.41) is 4.19. The van der Waals surface area contributed by atoms with Crippen LogP contribution < -0.4 is 20.4 Å². The van der Waals surface area contributed by atoms with Gasteiger partial charge in [-0.25, -0.2) is 0 Å². The SMILES string of the molecule is Cc1ccc(C)c2c1C1=Nc3c4cccc5c4c4n3[C@]36n7c(c8c(C)ccc(C)c8c7=NC2=[N+]13)=NC1=[N+]6C(=N4)c2c(cccc21)OCC(C)CO5. The highest BCUT2D eigenvalue weighted by molar-refractivity contribution is 6.22. The number of nitrogens with zero attached hydrogens (tertiary/aromatic N) is 8. The molecule has 0 fully saturated rings. The number of hydrogen-bond donors (Lipinski definition) is 0. The Balaban J connectivity index is 1.36. The van der Waals surface area contributed by atoms with Gasteiger partial charge in [-0.05, 0) is 74.2 Å². The second kappa shape index (κ2) is 8.24. The fourth-order valence-corrected chi connectivity index (χ4v) is 9.73. The first-order valence-electron chi connectivity index (χ1n) is 17.7. The topological polar surface area (TPSA) is 83.8 Å². The van der Waals surface area contributed by atoms with Gasteiger partial charge >= 0.3 is 5.91 Å². The normalized spacial score (nSPS) is 21.9. The molecule has 6 aromatic rings. The zero-order chi connectivity index (χ0) is 33.8. The molecule has 9 heterocycles. The molecule has 0 saturated carbocycles. The molecule has 7 aliphatic rings. The van der Waals surface area contributed by atoms with Crippen LogP contribution >= 0.6 is 0 Å². The van der Waals surface area contributed by atoms with E-state index < -0.39 is 5.91 Å². The predicted octanol–water partition coefficient (Wildman–Crippen LogP) is 5.35. The molecule has 0 saturated heterocycles. The van der Waals surface area contributed by atoms with Crippen molar-refractivity contribution in [2.45, 2.75) is 40.5 Å². The van der Waals surface area contributed by atoms with Crippen LogP contribution in [0.1, 0.15) is 51.4 Å². The van der Waals surface area contributed by atoms with E-state index in [2.05, 4.69) is 114 Å². The Morgan fingerprint density at radius 2 is 1.22 bits per heavy atom. The number of amidine groups is 4. The standard InChI is InChI=1S/C41H30N8O2/c1-18-16-50-25-10-6-8-23-31(25)39-45-40-32-24(9-7-11-26(32)51-17-18)34-43-36-28-20(3)13-15-22(5)30(28)38-44-37-29-21(4)14-12-19(2)27(29)35-42-33(23)46(39)41(47(34)40,48(35)37)49(36)38/h6-15,18H,16-17H2,1-5H3/q+2/t41-/m1/s1. The van der Waals surface area contributed by atoms with Gasteiger partial charge in [-0.1, -0.05) is 63.3 Å². The van der Waals surface area contributed by atoms with Gasteiger partial charge in [0.2, 0.25) is 22.6 Å². The Kier molecular flexibility index (Phi) is 4.31. The predicted molar refractivity (Wildman–Crippen MR) is 193 cm³/mol. The number of rotatable bonds is 0. The summed E-state index contributed by atoms with van der Waals surface area (Å²) in [5.41, 5.74) is 10.6. The minimum Gasteiger partial charge on any atom is -0.492 e. The molecule has 7 aliphatic heterocycles. The van der Waals surface area contributed by atoms with E-state index in [1.165, 1.54) is 0 Å². The van der Waals surface area contributed by atoms with Crippen molar-refractivity contribution in [3.05, 3.63) is 116 Å². The van der Waals surface area contributed by atoms with E-state index in [9.17, 15) is 0 Å². The molecular weight excluding hydrogens is 637 g/mol. The van der Waals surface area contributed by atoms with Gasteiger partial charge in [-0.15, -0.1) is 9.15 Å². The fourth-order valence-electron chi connectivity index (χ4n) is 9.73. The van der Waals surface area contributed by atoms with Gasteiger partial charge in [0.05, 0.1) is 51.4 Å². The number of benzene rings is 4. The van der Waals surface area contributed by atoms with Gasteiger partial charge in [0, 0.05) is 5.92 Å². The van der Waals surface area contributed by atoms with Crippen molar-refractivity contribution in [3.63, 3.8) is 0 Å². The van der Waals surface area contributed by atoms with Crippen molar-refractivity contribution in [3.8, 4) is 11.5 Å². The Bertz CT molecular complexity index is 3100. The molecule has 51 heavy (non-hydrogen) atoms. The van der Waals surface area contributed by atoms with Crippen molar-refractivity contribution < 1.29 is 18.6 Å². The summed E-state index contributed by atoms with van der Waals surface area (Å²) in [6, 6.07) is 21.4. The van der Waals surface area contributed by atoms with E-state index in [4.69, 9.17) is 29.4 Å². The summed E-state index contributed by atoms with van der Waals surface area (Å²) in [6.45, 7) is 11.9. The molecule has 2 bridgehead atoms. The summed E-state index contributed by atoms with van der Waals surface area (Å²) < 4.78 is 22.8. The molecule has 0 aliphatic carbocycles. The van der Waals surface area contributed by atoms with E-state index in [1.807, 2.05) is 0 Å². The van der Waals surface area contributed by atoms with Gasteiger partial charge in [-0.3, -0.25) is 0 Å². The van der Waals surface area contributed by atoms with E-state index in [0.29, 0.717) is 13.2 Å². The second-order valence-corrected chi connectivity index (χ2v) is 15.0. The summed E-state index contributed by atoms with van der Waals surface area (Å²) in [5.74, 6) is 5.73. The fraction of sp³-hybridized carbons (Fsp3) is 0.220. The highest BCUT2D eigenvalue weighted by atomic mass is 16.5. The summed E-state index contributed by atoms with van der Waals surface area (Å²) in [6.07, 6.45) is 0. The Hall–Kier alpha value is -6.16. The van der Waals surface area contributed by atoms with E-state index >= 15 is 0 Å². The van der Waals surface area contributed by atoms with Crippen molar-refractivity contribution in [2.24, 2.45) is 25.9 Å². The quantitative estimate of drug-likeness (QED) is 0.205. The van der Waals surface area contributed by atoms with Crippen LogP contribution in [0.25, 0.3) is 21.5 Å². The zero-order valence-corrected chi connectivity index (χ0v) is 28.7. The van der Waals surface area contributed by atoms with Gasteiger partial charge in [-0.2, -0.15) is 9.13 Å².